The molecule has 0 radical (unpaired) electrons. The van der Waals surface area contributed by atoms with Crippen LogP contribution in [0.5, 0.6) is 0 Å². The van der Waals surface area contributed by atoms with Crippen molar-refractivity contribution in [3.8, 4) is 0 Å². The number of hydrogen-bond donors (Lipinski definition) is 1. The van der Waals surface area contributed by atoms with Crippen molar-refractivity contribution in [2.75, 3.05) is 59.4 Å². The van der Waals surface area contributed by atoms with Crippen LogP contribution in [0.3, 0.4) is 0 Å². The van der Waals surface area contributed by atoms with Gasteiger partial charge in [-0.2, -0.15) is 0 Å². The number of nitrogens with zero attached hydrogens (tertiary/aromatic N) is 4. The summed E-state index contributed by atoms with van der Waals surface area (Å²) in [6.45, 7) is 9.66. The zero-order valence-corrected chi connectivity index (χ0v) is 14.3. The molecule has 0 amide bonds. The summed E-state index contributed by atoms with van der Waals surface area (Å²) in [5.41, 5.74) is 0. The highest BCUT2D eigenvalue weighted by molar-refractivity contribution is 5.80. The van der Waals surface area contributed by atoms with Crippen LogP contribution in [-0.4, -0.2) is 86.1 Å². The third-order valence-electron chi connectivity index (χ3n) is 5.49. The van der Waals surface area contributed by atoms with Gasteiger partial charge < -0.3 is 15.1 Å². The number of likely N-dealkylation sites (tertiary alicyclic amines) is 3. The van der Waals surface area contributed by atoms with Gasteiger partial charge in [0.15, 0.2) is 5.96 Å². The van der Waals surface area contributed by atoms with Gasteiger partial charge in [-0.25, -0.2) is 0 Å². The van der Waals surface area contributed by atoms with Gasteiger partial charge in [-0.3, -0.25) is 9.89 Å². The van der Waals surface area contributed by atoms with E-state index in [2.05, 4.69) is 25.0 Å². The van der Waals surface area contributed by atoms with Crippen molar-refractivity contribution >= 4 is 5.96 Å². The fourth-order valence-electron chi connectivity index (χ4n) is 4.18. The average molecular weight is 307 g/mol. The molecule has 0 aromatic rings. The van der Waals surface area contributed by atoms with Crippen molar-refractivity contribution in [2.24, 2.45) is 4.99 Å². The van der Waals surface area contributed by atoms with Crippen LogP contribution in [0.1, 0.15) is 38.5 Å². The predicted octanol–water partition coefficient (Wildman–Crippen LogP) is 1.22. The lowest BCUT2D eigenvalue weighted by Crippen LogP contribution is -2.45. The minimum absolute atomic E-state index is 0.748. The Morgan fingerprint density at radius 3 is 2.45 bits per heavy atom. The fourth-order valence-corrected chi connectivity index (χ4v) is 4.18. The number of guanidine groups is 1. The molecule has 0 spiro atoms. The largest absolute Gasteiger partial charge is 0.355 e. The standard InChI is InChI=1S/C17H33N5/c1-18-17(19-8-14-20-9-5-6-10-20)22-13-7-16(15-22)21-11-3-2-4-12-21/h16H,2-15H2,1H3,(H,18,19). The summed E-state index contributed by atoms with van der Waals surface area (Å²) in [6, 6.07) is 0.748. The third kappa shape index (κ3) is 4.13. The zero-order chi connectivity index (χ0) is 15.2. The van der Waals surface area contributed by atoms with Crippen molar-refractivity contribution in [3.63, 3.8) is 0 Å². The molecule has 3 fully saturated rings. The minimum atomic E-state index is 0.748. The van der Waals surface area contributed by atoms with Crippen LogP contribution >= 0.6 is 0 Å². The van der Waals surface area contributed by atoms with E-state index >= 15 is 0 Å². The number of aliphatic imine (C=N–C) groups is 1. The highest BCUT2D eigenvalue weighted by Crippen LogP contribution is 2.20. The van der Waals surface area contributed by atoms with Gasteiger partial charge in [0.1, 0.15) is 0 Å². The van der Waals surface area contributed by atoms with Crippen molar-refractivity contribution in [2.45, 2.75) is 44.6 Å². The van der Waals surface area contributed by atoms with Crippen LogP contribution in [0, 0.1) is 0 Å². The summed E-state index contributed by atoms with van der Waals surface area (Å²) >= 11 is 0. The van der Waals surface area contributed by atoms with Gasteiger partial charge in [0.25, 0.3) is 0 Å². The maximum Gasteiger partial charge on any atom is 0.193 e. The predicted molar refractivity (Wildman–Crippen MR) is 92.4 cm³/mol. The van der Waals surface area contributed by atoms with E-state index < -0.39 is 0 Å². The highest BCUT2D eigenvalue weighted by Gasteiger charge is 2.29. The van der Waals surface area contributed by atoms with Crippen LogP contribution in [0.25, 0.3) is 0 Å². The zero-order valence-electron chi connectivity index (χ0n) is 14.3. The summed E-state index contributed by atoms with van der Waals surface area (Å²) in [5.74, 6) is 1.11. The molecule has 3 aliphatic rings. The van der Waals surface area contributed by atoms with Gasteiger partial charge in [0.2, 0.25) is 0 Å². The summed E-state index contributed by atoms with van der Waals surface area (Å²) in [6.07, 6.45) is 8.24. The summed E-state index contributed by atoms with van der Waals surface area (Å²) in [4.78, 5) is 12.2. The van der Waals surface area contributed by atoms with Gasteiger partial charge in [-0.15, -0.1) is 0 Å². The van der Waals surface area contributed by atoms with Gasteiger partial charge in [-0.05, 0) is 58.3 Å². The molecule has 3 aliphatic heterocycles. The smallest absolute Gasteiger partial charge is 0.193 e. The first-order chi connectivity index (χ1) is 10.9. The van der Waals surface area contributed by atoms with E-state index in [1.165, 1.54) is 64.7 Å². The minimum Gasteiger partial charge on any atom is -0.355 e. The second-order valence-electron chi connectivity index (χ2n) is 7.01. The quantitative estimate of drug-likeness (QED) is 0.625. The first-order valence-electron chi connectivity index (χ1n) is 9.29. The lowest BCUT2D eigenvalue weighted by atomic mass is 10.1. The molecule has 0 aromatic heterocycles. The Labute approximate surface area is 135 Å². The molecule has 5 heteroatoms. The number of piperidine rings is 1. The van der Waals surface area contributed by atoms with E-state index in [9.17, 15) is 0 Å². The lowest BCUT2D eigenvalue weighted by molar-refractivity contribution is 0.168. The maximum absolute atomic E-state index is 4.51. The topological polar surface area (TPSA) is 34.1 Å². The Balaban J connectivity index is 1.41. The Kier molecular flexibility index (Phi) is 5.96. The molecule has 0 aliphatic carbocycles. The molecule has 0 bridgehead atoms. The molecule has 1 N–H and O–H groups in total. The second kappa shape index (κ2) is 8.16. The molecule has 1 unspecified atom stereocenters. The molecular formula is C17H33N5. The van der Waals surface area contributed by atoms with Crippen LogP contribution < -0.4 is 5.32 Å². The van der Waals surface area contributed by atoms with Gasteiger partial charge in [0.05, 0.1) is 0 Å². The molecule has 3 rings (SSSR count). The van der Waals surface area contributed by atoms with E-state index in [0.29, 0.717) is 0 Å². The molecule has 1 atom stereocenters. The van der Waals surface area contributed by atoms with E-state index in [0.717, 1.165) is 38.2 Å². The first-order valence-corrected chi connectivity index (χ1v) is 9.29. The monoisotopic (exact) mass is 307 g/mol. The summed E-state index contributed by atoms with van der Waals surface area (Å²) in [7, 11) is 1.92. The normalized spacial score (nSPS) is 28.5. The average Bonchev–Trinajstić information content (AvgIpc) is 3.24. The summed E-state index contributed by atoms with van der Waals surface area (Å²) < 4.78 is 0. The van der Waals surface area contributed by atoms with Crippen LogP contribution in [0.2, 0.25) is 0 Å². The molecule has 5 nitrogen and oxygen atoms in total. The van der Waals surface area contributed by atoms with Crippen LogP contribution in [0.4, 0.5) is 0 Å². The Morgan fingerprint density at radius 1 is 1.00 bits per heavy atom. The molecule has 22 heavy (non-hydrogen) atoms. The number of hydrogen-bond acceptors (Lipinski definition) is 3. The fraction of sp³-hybridized carbons (Fsp3) is 0.941. The van der Waals surface area contributed by atoms with Crippen molar-refractivity contribution in [1.29, 1.82) is 0 Å². The Bertz CT molecular complexity index is 358. The molecule has 0 saturated carbocycles. The number of rotatable bonds is 4. The molecule has 0 aromatic carbocycles. The maximum atomic E-state index is 4.51. The van der Waals surface area contributed by atoms with Crippen molar-refractivity contribution in [3.05, 3.63) is 0 Å². The third-order valence-corrected chi connectivity index (χ3v) is 5.49. The van der Waals surface area contributed by atoms with E-state index in [1.807, 2.05) is 7.05 Å². The van der Waals surface area contributed by atoms with Gasteiger partial charge in [-0.1, -0.05) is 6.42 Å². The van der Waals surface area contributed by atoms with Gasteiger partial charge >= 0.3 is 0 Å². The highest BCUT2D eigenvalue weighted by atomic mass is 15.3. The molecule has 126 valence electrons. The molecular weight excluding hydrogens is 274 g/mol. The summed E-state index contributed by atoms with van der Waals surface area (Å²) in [5, 5.41) is 3.58. The SMILES string of the molecule is CN=C(NCCN1CCCC1)N1CCC(N2CCCCC2)C1. The Morgan fingerprint density at radius 2 is 1.73 bits per heavy atom. The lowest BCUT2D eigenvalue weighted by Gasteiger charge is -2.32. The van der Waals surface area contributed by atoms with E-state index in [4.69, 9.17) is 0 Å². The van der Waals surface area contributed by atoms with Crippen LogP contribution in [-0.2, 0) is 0 Å². The van der Waals surface area contributed by atoms with Crippen molar-refractivity contribution in [1.82, 2.24) is 20.0 Å². The van der Waals surface area contributed by atoms with Crippen molar-refractivity contribution < 1.29 is 0 Å². The van der Waals surface area contributed by atoms with E-state index in [-0.39, 0.29) is 0 Å². The molecule has 3 heterocycles. The second-order valence-corrected chi connectivity index (χ2v) is 7.01. The van der Waals surface area contributed by atoms with E-state index in [1.54, 1.807) is 0 Å². The number of nitrogens with one attached hydrogen (secondary N) is 1. The Hall–Kier alpha value is -0.810. The van der Waals surface area contributed by atoms with Gasteiger partial charge in [0, 0.05) is 39.3 Å². The first kappa shape index (κ1) is 16.1. The molecule has 3 saturated heterocycles. The van der Waals surface area contributed by atoms with Crippen LogP contribution in [0.15, 0.2) is 4.99 Å².